The van der Waals surface area contributed by atoms with Crippen molar-refractivity contribution in [2.75, 3.05) is 13.1 Å². The van der Waals surface area contributed by atoms with Crippen LogP contribution >= 0.6 is 0 Å². The highest BCUT2D eigenvalue weighted by Crippen LogP contribution is 2.29. The van der Waals surface area contributed by atoms with Gasteiger partial charge in [-0.05, 0) is 35.7 Å². The number of likely N-dealkylation sites (tertiary alicyclic amines) is 1. The van der Waals surface area contributed by atoms with Gasteiger partial charge in [0.2, 0.25) is 0 Å². The minimum atomic E-state index is -0.237. The SMILES string of the molecule is O=C(c1cnc2c(cnn2Cc2ccccc2)c1)N1CCC(c2cccc(F)c2)C1. The van der Waals surface area contributed by atoms with Gasteiger partial charge in [0.1, 0.15) is 5.82 Å². The minimum absolute atomic E-state index is 0.0425. The Morgan fingerprint density at radius 2 is 1.93 bits per heavy atom. The Bertz CT molecular complexity index is 1200. The monoisotopic (exact) mass is 400 g/mol. The fraction of sp³-hybridized carbons (Fsp3) is 0.208. The molecule has 2 aromatic heterocycles. The van der Waals surface area contributed by atoms with E-state index >= 15 is 0 Å². The number of amides is 1. The predicted octanol–water partition coefficient (Wildman–Crippen LogP) is 4.25. The number of fused-ring (bicyclic) bond motifs is 1. The summed E-state index contributed by atoms with van der Waals surface area (Å²) in [6, 6.07) is 18.6. The molecule has 1 atom stereocenters. The van der Waals surface area contributed by atoms with Gasteiger partial charge in [0.25, 0.3) is 5.91 Å². The quantitative estimate of drug-likeness (QED) is 0.515. The average Bonchev–Trinajstić information content (AvgIpc) is 3.41. The number of benzene rings is 2. The molecule has 0 N–H and O–H groups in total. The maximum absolute atomic E-state index is 13.5. The fourth-order valence-electron chi connectivity index (χ4n) is 4.12. The van der Waals surface area contributed by atoms with Crippen LogP contribution in [0.3, 0.4) is 0 Å². The fourth-order valence-corrected chi connectivity index (χ4v) is 4.12. The molecular formula is C24H21FN4O. The van der Waals surface area contributed by atoms with Crippen molar-refractivity contribution < 1.29 is 9.18 Å². The molecule has 4 aromatic rings. The lowest BCUT2D eigenvalue weighted by Crippen LogP contribution is -2.28. The van der Waals surface area contributed by atoms with E-state index in [4.69, 9.17) is 0 Å². The molecule has 0 spiro atoms. The summed E-state index contributed by atoms with van der Waals surface area (Å²) in [5.74, 6) is -0.117. The van der Waals surface area contributed by atoms with Crippen molar-refractivity contribution >= 4 is 16.9 Å². The molecule has 0 saturated carbocycles. The second kappa shape index (κ2) is 7.71. The molecule has 5 nitrogen and oxygen atoms in total. The van der Waals surface area contributed by atoms with Crippen molar-refractivity contribution in [2.45, 2.75) is 18.9 Å². The molecule has 1 aliphatic rings. The highest BCUT2D eigenvalue weighted by atomic mass is 19.1. The van der Waals surface area contributed by atoms with Crippen LogP contribution in [0.25, 0.3) is 11.0 Å². The van der Waals surface area contributed by atoms with E-state index in [1.807, 2.05) is 52.0 Å². The molecule has 5 rings (SSSR count). The lowest BCUT2D eigenvalue weighted by molar-refractivity contribution is 0.0790. The van der Waals surface area contributed by atoms with E-state index in [0.29, 0.717) is 25.2 Å². The van der Waals surface area contributed by atoms with Crippen LogP contribution in [0, 0.1) is 5.82 Å². The van der Waals surface area contributed by atoms with Crippen molar-refractivity contribution in [1.82, 2.24) is 19.7 Å². The average molecular weight is 400 g/mol. The van der Waals surface area contributed by atoms with E-state index in [2.05, 4.69) is 10.1 Å². The Morgan fingerprint density at radius 3 is 2.77 bits per heavy atom. The highest BCUT2D eigenvalue weighted by Gasteiger charge is 2.28. The topological polar surface area (TPSA) is 51.0 Å². The van der Waals surface area contributed by atoms with E-state index < -0.39 is 0 Å². The Morgan fingerprint density at radius 1 is 1.07 bits per heavy atom. The van der Waals surface area contributed by atoms with Gasteiger partial charge in [-0.1, -0.05) is 42.5 Å². The molecule has 1 fully saturated rings. The maximum Gasteiger partial charge on any atom is 0.255 e. The smallest absolute Gasteiger partial charge is 0.255 e. The molecule has 0 radical (unpaired) electrons. The third-order valence-electron chi connectivity index (χ3n) is 5.69. The summed E-state index contributed by atoms with van der Waals surface area (Å²) in [5, 5.41) is 5.29. The van der Waals surface area contributed by atoms with Gasteiger partial charge in [-0.15, -0.1) is 0 Å². The first-order valence-electron chi connectivity index (χ1n) is 10.1. The standard InChI is InChI=1S/C24H21FN4O/c25-22-8-4-7-18(12-22)19-9-10-28(16-19)24(30)21-11-20-14-27-29(23(20)26-13-21)15-17-5-2-1-3-6-17/h1-8,11-14,19H,9-10,15-16H2. The Balaban J connectivity index is 1.33. The molecule has 2 aromatic carbocycles. The van der Waals surface area contributed by atoms with Crippen molar-refractivity contribution in [1.29, 1.82) is 0 Å². The second-order valence-corrected chi connectivity index (χ2v) is 7.72. The summed E-state index contributed by atoms with van der Waals surface area (Å²) in [6.45, 7) is 1.88. The van der Waals surface area contributed by atoms with Gasteiger partial charge in [0.15, 0.2) is 5.65 Å². The number of hydrogen-bond acceptors (Lipinski definition) is 3. The van der Waals surface area contributed by atoms with E-state index in [0.717, 1.165) is 28.6 Å². The van der Waals surface area contributed by atoms with Crippen LogP contribution < -0.4 is 0 Å². The maximum atomic E-state index is 13.5. The molecule has 3 heterocycles. The molecule has 1 saturated heterocycles. The van der Waals surface area contributed by atoms with E-state index in [-0.39, 0.29) is 17.6 Å². The summed E-state index contributed by atoms with van der Waals surface area (Å²) in [6.07, 6.45) is 4.21. The van der Waals surface area contributed by atoms with Gasteiger partial charge >= 0.3 is 0 Å². The zero-order valence-electron chi connectivity index (χ0n) is 16.4. The number of hydrogen-bond donors (Lipinski definition) is 0. The predicted molar refractivity (Wildman–Crippen MR) is 113 cm³/mol. The zero-order valence-corrected chi connectivity index (χ0v) is 16.4. The van der Waals surface area contributed by atoms with Gasteiger partial charge < -0.3 is 4.90 Å². The number of aromatic nitrogens is 3. The normalized spacial score (nSPS) is 16.3. The lowest BCUT2D eigenvalue weighted by atomic mass is 9.98. The summed E-state index contributed by atoms with van der Waals surface area (Å²) < 4.78 is 15.4. The largest absolute Gasteiger partial charge is 0.338 e. The third-order valence-corrected chi connectivity index (χ3v) is 5.69. The van der Waals surface area contributed by atoms with Crippen LogP contribution in [0.2, 0.25) is 0 Å². The van der Waals surface area contributed by atoms with Gasteiger partial charge in [-0.2, -0.15) is 5.10 Å². The van der Waals surface area contributed by atoms with E-state index in [1.54, 1.807) is 24.5 Å². The number of carbonyl (C=O) groups excluding carboxylic acids is 1. The van der Waals surface area contributed by atoms with Crippen LogP contribution in [0.5, 0.6) is 0 Å². The molecule has 6 heteroatoms. The minimum Gasteiger partial charge on any atom is -0.338 e. The number of halogens is 1. The molecule has 1 aliphatic heterocycles. The third kappa shape index (κ3) is 3.56. The first kappa shape index (κ1) is 18.5. The lowest BCUT2D eigenvalue weighted by Gasteiger charge is -2.17. The van der Waals surface area contributed by atoms with Gasteiger partial charge in [0.05, 0.1) is 18.3 Å². The summed E-state index contributed by atoms with van der Waals surface area (Å²) in [5.41, 5.74) is 3.40. The summed E-state index contributed by atoms with van der Waals surface area (Å²) in [7, 11) is 0. The Labute approximate surface area is 173 Å². The van der Waals surface area contributed by atoms with Crippen LogP contribution in [-0.4, -0.2) is 38.7 Å². The zero-order chi connectivity index (χ0) is 20.5. The number of rotatable bonds is 4. The molecule has 0 bridgehead atoms. The molecule has 30 heavy (non-hydrogen) atoms. The molecule has 1 unspecified atom stereocenters. The Hall–Kier alpha value is -3.54. The summed E-state index contributed by atoms with van der Waals surface area (Å²) >= 11 is 0. The number of nitrogens with zero attached hydrogens (tertiary/aromatic N) is 4. The van der Waals surface area contributed by atoms with Gasteiger partial charge in [-0.25, -0.2) is 14.1 Å². The highest BCUT2D eigenvalue weighted by molar-refractivity contribution is 5.97. The Kier molecular flexibility index (Phi) is 4.75. The summed E-state index contributed by atoms with van der Waals surface area (Å²) in [4.78, 5) is 19.4. The first-order chi connectivity index (χ1) is 14.7. The van der Waals surface area contributed by atoms with Crippen molar-refractivity contribution in [2.24, 2.45) is 0 Å². The van der Waals surface area contributed by atoms with E-state index in [9.17, 15) is 9.18 Å². The van der Waals surface area contributed by atoms with Crippen LogP contribution in [0.4, 0.5) is 4.39 Å². The van der Waals surface area contributed by atoms with Gasteiger partial charge in [-0.3, -0.25) is 4.79 Å². The van der Waals surface area contributed by atoms with Gasteiger partial charge in [0, 0.05) is 30.6 Å². The molecule has 1 amide bonds. The van der Waals surface area contributed by atoms with Crippen molar-refractivity contribution in [3.63, 3.8) is 0 Å². The van der Waals surface area contributed by atoms with Crippen molar-refractivity contribution in [3.05, 3.63) is 95.6 Å². The number of pyridine rings is 1. The van der Waals surface area contributed by atoms with Crippen LogP contribution in [0.1, 0.15) is 33.8 Å². The molecule has 150 valence electrons. The molecular weight excluding hydrogens is 379 g/mol. The number of carbonyl (C=O) groups is 1. The first-order valence-corrected chi connectivity index (χ1v) is 10.1. The van der Waals surface area contributed by atoms with Crippen LogP contribution in [0.15, 0.2) is 73.1 Å². The second-order valence-electron chi connectivity index (χ2n) is 7.72. The van der Waals surface area contributed by atoms with Crippen molar-refractivity contribution in [3.8, 4) is 0 Å². The van der Waals surface area contributed by atoms with E-state index in [1.165, 1.54) is 6.07 Å². The van der Waals surface area contributed by atoms with Crippen LogP contribution in [-0.2, 0) is 6.54 Å². The molecule has 0 aliphatic carbocycles.